The van der Waals surface area contributed by atoms with Gasteiger partial charge in [-0.25, -0.2) is 0 Å². The first kappa shape index (κ1) is 20.9. The standard InChI is InChI=1S/C24H27N5O3S/c1-2-11-29-15-24(28-33(29,30)31)19-8-9-20(24)14-18-12-17(7-6-16(18)13-19)23-26-22(27-32-23)21-5-3-4-10-25-21/h3-7,10,12,19-20,28H,2,8-9,11,13-15H2,1H3/t19-,20+,24+/m0/s1. The first-order valence-electron chi connectivity index (χ1n) is 11.6. The van der Waals surface area contributed by atoms with Crippen LogP contribution in [-0.4, -0.2) is 46.5 Å². The van der Waals surface area contributed by atoms with Gasteiger partial charge >= 0.3 is 0 Å². The number of rotatable bonds is 4. The van der Waals surface area contributed by atoms with Crippen LogP contribution in [0.2, 0.25) is 0 Å². The highest BCUT2D eigenvalue weighted by molar-refractivity contribution is 7.87. The van der Waals surface area contributed by atoms with E-state index >= 15 is 0 Å². The van der Waals surface area contributed by atoms with Crippen molar-refractivity contribution in [2.24, 2.45) is 11.8 Å². The summed E-state index contributed by atoms with van der Waals surface area (Å²) in [6.45, 7) is 3.18. The molecule has 1 N–H and O–H groups in total. The Morgan fingerprint density at radius 3 is 2.73 bits per heavy atom. The summed E-state index contributed by atoms with van der Waals surface area (Å²) < 4.78 is 36.1. The number of hydrogen-bond acceptors (Lipinski definition) is 6. The van der Waals surface area contributed by atoms with Gasteiger partial charge in [-0.05, 0) is 79.3 Å². The quantitative estimate of drug-likeness (QED) is 0.635. The molecule has 172 valence electrons. The highest BCUT2D eigenvalue weighted by Gasteiger charge is 2.59. The Labute approximate surface area is 193 Å². The fourth-order valence-electron chi connectivity index (χ4n) is 6.03. The molecular formula is C24H27N5O3S. The minimum Gasteiger partial charge on any atom is -0.334 e. The Hall–Kier alpha value is -2.62. The maximum atomic E-state index is 12.9. The number of nitrogens with one attached hydrogen (secondary N) is 1. The monoisotopic (exact) mass is 465 g/mol. The van der Waals surface area contributed by atoms with Gasteiger partial charge < -0.3 is 4.52 Å². The molecule has 33 heavy (non-hydrogen) atoms. The average molecular weight is 466 g/mol. The van der Waals surface area contributed by atoms with Crippen molar-refractivity contribution in [1.29, 1.82) is 0 Å². The van der Waals surface area contributed by atoms with Gasteiger partial charge in [-0.1, -0.05) is 24.2 Å². The van der Waals surface area contributed by atoms with Gasteiger partial charge in [-0.3, -0.25) is 4.98 Å². The van der Waals surface area contributed by atoms with Crippen molar-refractivity contribution >= 4 is 10.2 Å². The highest BCUT2D eigenvalue weighted by Crippen LogP contribution is 2.50. The molecule has 2 aliphatic carbocycles. The Kier molecular flexibility index (Phi) is 4.90. The van der Waals surface area contributed by atoms with Gasteiger partial charge in [0.2, 0.25) is 5.82 Å². The van der Waals surface area contributed by atoms with E-state index in [-0.39, 0.29) is 11.5 Å². The number of hydrogen-bond donors (Lipinski definition) is 1. The maximum Gasteiger partial charge on any atom is 0.280 e. The normalized spacial score (nSPS) is 28.2. The van der Waals surface area contributed by atoms with Gasteiger partial charge in [0.1, 0.15) is 5.69 Å². The van der Waals surface area contributed by atoms with Crippen LogP contribution in [0.25, 0.3) is 23.0 Å². The summed E-state index contributed by atoms with van der Waals surface area (Å²) in [4.78, 5) is 8.84. The molecule has 9 heteroatoms. The van der Waals surface area contributed by atoms with Crippen LogP contribution in [0.3, 0.4) is 0 Å². The maximum absolute atomic E-state index is 12.9. The molecule has 1 aliphatic heterocycles. The molecule has 8 nitrogen and oxygen atoms in total. The van der Waals surface area contributed by atoms with Gasteiger partial charge in [0.25, 0.3) is 16.1 Å². The van der Waals surface area contributed by atoms with Crippen molar-refractivity contribution in [1.82, 2.24) is 24.2 Å². The summed E-state index contributed by atoms with van der Waals surface area (Å²) in [7, 11) is -3.42. The molecule has 6 rings (SSSR count). The van der Waals surface area contributed by atoms with Crippen molar-refractivity contribution in [2.45, 2.75) is 44.6 Å². The number of pyridine rings is 1. The van der Waals surface area contributed by atoms with E-state index in [2.05, 4.69) is 32.0 Å². The van der Waals surface area contributed by atoms with Crippen LogP contribution in [0.15, 0.2) is 47.1 Å². The summed E-state index contributed by atoms with van der Waals surface area (Å²) >= 11 is 0. The lowest BCUT2D eigenvalue weighted by atomic mass is 9.79. The second-order valence-corrected chi connectivity index (χ2v) is 11.2. The Morgan fingerprint density at radius 1 is 1.15 bits per heavy atom. The summed E-state index contributed by atoms with van der Waals surface area (Å²) in [6.07, 6.45) is 6.37. The van der Waals surface area contributed by atoms with E-state index < -0.39 is 10.2 Å². The van der Waals surface area contributed by atoms with Crippen molar-refractivity contribution in [3.05, 3.63) is 53.7 Å². The number of aromatic nitrogens is 3. The number of benzene rings is 1. The van der Waals surface area contributed by atoms with Crippen LogP contribution in [0.4, 0.5) is 0 Å². The van der Waals surface area contributed by atoms with Crippen molar-refractivity contribution in [3.63, 3.8) is 0 Å². The van der Waals surface area contributed by atoms with E-state index in [4.69, 9.17) is 4.52 Å². The minimum atomic E-state index is -3.42. The van der Waals surface area contributed by atoms with Crippen molar-refractivity contribution in [2.75, 3.05) is 13.1 Å². The molecule has 3 heterocycles. The summed E-state index contributed by atoms with van der Waals surface area (Å²) in [5.74, 6) is 1.53. The first-order chi connectivity index (χ1) is 16.0. The zero-order valence-electron chi connectivity index (χ0n) is 18.6. The Balaban J connectivity index is 1.31. The number of fused-ring (bicyclic) bond motifs is 1. The van der Waals surface area contributed by atoms with E-state index in [1.165, 1.54) is 11.1 Å². The lowest BCUT2D eigenvalue weighted by Crippen LogP contribution is -2.52. The van der Waals surface area contributed by atoms with E-state index in [0.29, 0.717) is 36.4 Å². The molecule has 0 unspecified atom stereocenters. The third-order valence-electron chi connectivity index (χ3n) is 7.60. The molecule has 3 aliphatic rings. The van der Waals surface area contributed by atoms with Crippen molar-refractivity contribution < 1.29 is 12.9 Å². The van der Waals surface area contributed by atoms with Gasteiger partial charge in [0.15, 0.2) is 0 Å². The zero-order valence-corrected chi connectivity index (χ0v) is 19.4. The molecule has 2 aromatic heterocycles. The zero-order chi connectivity index (χ0) is 22.6. The molecule has 1 aromatic carbocycles. The lowest BCUT2D eigenvalue weighted by Gasteiger charge is -2.33. The van der Waals surface area contributed by atoms with Gasteiger partial charge in [-0.15, -0.1) is 0 Å². The molecule has 1 saturated heterocycles. The SMILES string of the molecule is CCCN1C[C@]2(NS1(=O)=O)[C@@H]1CC[C@H]2Cc2ccc(-c3nc(-c4ccccn4)no3)cc2C1. The van der Waals surface area contributed by atoms with Gasteiger partial charge in [-0.2, -0.15) is 22.4 Å². The lowest BCUT2D eigenvalue weighted by molar-refractivity contribution is 0.213. The first-order valence-corrected chi connectivity index (χ1v) is 13.1. The van der Waals surface area contributed by atoms with Gasteiger partial charge in [0, 0.05) is 24.8 Å². The molecule has 2 bridgehead atoms. The second kappa shape index (κ2) is 7.72. The smallest absolute Gasteiger partial charge is 0.280 e. The molecule has 2 fully saturated rings. The second-order valence-electron chi connectivity index (χ2n) is 9.48. The van der Waals surface area contributed by atoms with E-state index in [0.717, 1.165) is 37.7 Å². The summed E-state index contributed by atoms with van der Waals surface area (Å²) in [6, 6.07) is 11.9. The number of nitrogens with zero attached hydrogens (tertiary/aromatic N) is 4. The van der Waals surface area contributed by atoms with E-state index in [9.17, 15) is 8.42 Å². The summed E-state index contributed by atoms with van der Waals surface area (Å²) in [5.41, 5.74) is 3.73. The van der Waals surface area contributed by atoms with Crippen LogP contribution >= 0.6 is 0 Å². The fraction of sp³-hybridized carbons (Fsp3) is 0.458. The predicted octanol–water partition coefficient (Wildman–Crippen LogP) is 3.22. The van der Waals surface area contributed by atoms with E-state index in [1.807, 2.05) is 31.2 Å². The molecule has 1 spiro atoms. The Bertz CT molecular complexity index is 1290. The molecule has 0 radical (unpaired) electrons. The molecular weight excluding hydrogens is 438 g/mol. The molecule has 1 saturated carbocycles. The van der Waals surface area contributed by atoms with Crippen LogP contribution < -0.4 is 4.72 Å². The molecule has 3 atom stereocenters. The average Bonchev–Trinajstić information content (AvgIpc) is 3.45. The largest absolute Gasteiger partial charge is 0.334 e. The third kappa shape index (κ3) is 3.41. The predicted molar refractivity (Wildman–Crippen MR) is 123 cm³/mol. The van der Waals surface area contributed by atoms with Gasteiger partial charge in [0.05, 0.1) is 5.54 Å². The third-order valence-corrected chi connectivity index (χ3v) is 9.23. The molecule has 3 aromatic rings. The topological polar surface area (TPSA) is 101 Å². The summed E-state index contributed by atoms with van der Waals surface area (Å²) in [5, 5.41) is 4.10. The van der Waals surface area contributed by atoms with Crippen LogP contribution in [0, 0.1) is 11.8 Å². The van der Waals surface area contributed by atoms with Crippen LogP contribution in [0.5, 0.6) is 0 Å². The molecule has 0 amide bonds. The highest BCUT2D eigenvalue weighted by atomic mass is 32.2. The fourth-order valence-corrected chi connectivity index (χ4v) is 7.84. The van der Waals surface area contributed by atoms with E-state index in [1.54, 1.807) is 10.5 Å². The van der Waals surface area contributed by atoms with Crippen LogP contribution in [0.1, 0.15) is 37.3 Å². The Morgan fingerprint density at radius 2 is 1.97 bits per heavy atom. The van der Waals surface area contributed by atoms with Crippen LogP contribution in [-0.2, 0) is 23.1 Å². The van der Waals surface area contributed by atoms with Crippen molar-refractivity contribution in [3.8, 4) is 23.0 Å². The minimum absolute atomic E-state index is 0.280.